The van der Waals surface area contributed by atoms with Crippen molar-refractivity contribution >= 4 is 32.3 Å². The first-order valence-corrected chi connectivity index (χ1v) is 11.3. The van der Waals surface area contributed by atoms with E-state index in [4.69, 9.17) is 4.98 Å². The fourth-order valence-electron chi connectivity index (χ4n) is 3.32. The average molecular weight is 419 g/mol. The highest BCUT2D eigenvalue weighted by Crippen LogP contribution is 2.30. The maximum Gasteiger partial charge on any atom is 0.262 e. The van der Waals surface area contributed by atoms with E-state index in [1.54, 1.807) is 29.1 Å². The molecule has 0 saturated carbocycles. The quantitative estimate of drug-likeness (QED) is 0.685. The van der Waals surface area contributed by atoms with Gasteiger partial charge in [-0.05, 0) is 31.9 Å². The molecule has 0 unspecified atom stereocenters. The van der Waals surface area contributed by atoms with Crippen LogP contribution < -0.4 is 5.32 Å². The summed E-state index contributed by atoms with van der Waals surface area (Å²) in [4.78, 5) is 14.2. The van der Waals surface area contributed by atoms with E-state index in [-0.39, 0.29) is 10.9 Å². The van der Waals surface area contributed by atoms with E-state index in [9.17, 15) is 8.42 Å². The smallest absolute Gasteiger partial charge is 0.262 e. The minimum atomic E-state index is -3.53. The third kappa shape index (κ3) is 3.94. The summed E-state index contributed by atoms with van der Waals surface area (Å²) in [6.45, 7) is 2.95. The van der Waals surface area contributed by atoms with Crippen LogP contribution in [-0.2, 0) is 17.1 Å². The second-order valence-corrected chi connectivity index (χ2v) is 10.0. The van der Waals surface area contributed by atoms with E-state index in [1.165, 1.54) is 10.6 Å². The molecule has 4 heterocycles. The van der Waals surface area contributed by atoms with Crippen molar-refractivity contribution in [3.05, 3.63) is 47.5 Å². The zero-order valence-electron chi connectivity index (χ0n) is 15.7. The molecule has 0 atom stereocenters. The first kappa shape index (κ1) is 19.0. The lowest BCUT2D eigenvalue weighted by Crippen LogP contribution is -2.38. The number of imidazole rings is 1. The highest BCUT2D eigenvalue weighted by atomic mass is 32.2. The molecule has 0 aliphatic carbocycles. The number of anilines is 2. The van der Waals surface area contributed by atoms with Gasteiger partial charge in [-0.25, -0.2) is 23.4 Å². The normalized spacial score (nSPS) is 16.4. The SMILES string of the molecule is Cc1cnc(Nc2cccc(C3CCN(S(=O)(=O)c4cn(C)cn4)CC3)n2)s1. The summed E-state index contributed by atoms with van der Waals surface area (Å²) in [5, 5.41) is 4.17. The van der Waals surface area contributed by atoms with Crippen molar-refractivity contribution in [2.24, 2.45) is 7.05 Å². The van der Waals surface area contributed by atoms with E-state index >= 15 is 0 Å². The highest BCUT2D eigenvalue weighted by Gasteiger charge is 2.31. The van der Waals surface area contributed by atoms with Gasteiger partial charge in [0.1, 0.15) is 5.82 Å². The van der Waals surface area contributed by atoms with Crippen molar-refractivity contribution in [2.75, 3.05) is 18.4 Å². The van der Waals surface area contributed by atoms with Gasteiger partial charge < -0.3 is 9.88 Å². The number of nitrogens with zero attached hydrogens (tertiary/aromatic N) is 5. The van der Waals surface area contributed by atoms with Crippen molar-refractivity contribution in [2.45, 2.75) is 30.7 Å². The van der Waals surface area contributed by atoms with E-state index in [1.807, 2.05) is 31.3 Å². The molecule has 8 nitrogen and oxygen atoms in total. The molecule has 1 aliphatic rings. The molecule has 3 aromatic rings. The van der Waals surface area contributed by atoms with E-state index in [2.05, 4.69) is 15.3 Å². The third-order valence-corrected chi connectivity index (χ3v) is 7.40. The molecular formula is C18H22N6O2S2. The van der Waals surface area contributed by atoms with Crippen LogP contribution in [0.15, 0.2) is 41.9 Å². The third-order valence-electron chi connectivity index (χ3n) is 4.78. The number of pyridine rings is 1. The largest absolute Gasteiger partial charge is 0.339 e. The predicted molar refractivity (Wildman–Crippen MR) is 108 cm³/mol. The minimum Gasteiger partial charge on any atom is -0.339 e. The molecule has 0 aromatic carbocycles. The molecule has 0 radical (unpaired) electrons. The lowest BCUT2D eigenvalue weighted by atomic mass is 9.94. The summed E-state index contributed by atoms with van der Waals surface area (Å²) in [7, 11) is -1.77. The Bertz CT molecular complexity index is 1070. The molecule has 1 N–H and O–H groups in total. The summed E-state index contributed by atoms with van der Waals surface area (Å²) in [6.07, 6.45) is 6.34. The summed E-state index contributed by atoms with van der Waals surface area (Å²) in [5.41, 5.74) is 0.980. The van der Waals surface area contributed by atoms with Gasteiger partial charge in [-0.3, -0.25) is 0 Å². The Kier molecular flexibility index (Phi) is 5.17. The number of hydrogen-bond donors (Lipinski definition) is 1. The Balaban J connectivity index is 1.43. The van der Waals surface area contributed by atoms with Crippen molar-refractivity contribution in [3.63, 3.8) is 0 Å². The van der Waals surface area contributed by atoms with Crippen LogP contribution >= 0.6 is 11.3 Å². The van der Waals surface area contributed by atoms with Crippen molar-refractivity contribution in [1.82, 2.24) is 23.8 Å². The predicted octanol–water partition coefficient (Wildman–Crippen LogP) is 2.89. The fraction of sp³-hybridized carbons (Fsp3) is 0.389. The molecule has 1 aliphatic heterocycles. The summed E-state index contributed by atoms with van der Waals surface area (Å²) in [5.74, 6) is 0.991. The van der Waals surface area contributed by atoms with Crippen molar-refractivity contribution in [1.29, 1.82) is 0 Å². The maximum absolute atomic E-state index is 12.7. The molecule has 28 heavy (non-hydrogen) atoms. The van der Waals surface area contributed by atoms with Gasteiger partial charge in [-0.1, -0.05) is 6.07 Å². The van der Waals surface area contributed by atoms with Crippen LogP contribution in [0.2, 0.25) is 0 Å². The second kappa shape index (κ2) is 7.61. The maximum atomic E-state index is 12.7. The highest BCUT2D eigenvalue weighted by molar-refractivity contribution is 7.89. The molecule has 4 rings (SSSR count). The Labute approximate surface area is 168 Å². The Morgan fingerprint density at radius 3 is 2.64 bits per heavy atom. The summed E-state index contributed by atoms with van der Waals surface area (Å²) in [6, 6.07) is 5.90. The fourth-order valence-corrected chi connectivity index (χ4v) is 5.42. The van der Waals surface area contributed by atoms with Gasteiger partial charge in [0.2, 0.25) is 0 Å². The number of rotatable bonds is 5. The molecule has 10 heteroatoms. The lowest BCUT2D eigenvalue weighted by Gasteiger charge is -2.30. The van der Waals surface area contributed by atoms with Crippen LogP contribution in [0.1, 0.15) is 29.3 Å². The van der Waals surface area contributed by atoms with Crippen molar-refractivity contribution in [3.8, 4) is 0 Å². The molecule has 0 bridgehead atoms. The topological polar surface area (TPSA) is 93.0 Å². The van der Waals surface area contributed by atoms with E-state index in [0.29, 0.717) is 13.1 Å². The molecule has 3 aromatic heterocycles. The first-order chi connectivity index (χ1) is 13.4. The van der Waals surface area contributed by atoms with Gasteiger partial charge >= 0.3 is 0 Å². The Morgan fingerprint density at radius 1 is 1.21 bits per heavy atom. The number of piperidine rings is 1. The van der Waals surface area contributed by atoms with Gasteiger partial charge in [0.15, 0.2) is 10.2 Å². The zero-order valence-corrected chi connectivity index (χ0v) is 17.4. The monoisotopic (exact) mass is 418 g/mol. The molecule has 0 spiro atoms. The number of aryl methyl sites for hydroxylation is 2. The van der Waals surface area contributed by atoms with Gasteiger partial charge in [0, 0.05) is 49.0 Å². The standard InChI is InChI=1S/C18H22N6O2S2/c1-13-10-19-18(27-13)22-16-5-3-4-15(21-16)14-6-8-24(9-7-14)28(25,26)17-11-23(2)12-20-17/h3-5,10-12,14H,6-9H2,1-2H3,(H,19,21,22). The van der Waals surface area contributed by atoms with Crippen molar-refractivity contribution < 1.29 is 8.42 Å². The number of sulfonamides is 1. The minimum absolute atomic E-state index is 0.108. The van der Waals surface area contributed by atoms with E-state index < -0.39 is 10.0 Å². The number of aromatic nitrogens is 4. The van der Waals surface area contributed by atoms with Crippen LogP contribution in [0.3, 0.4) is 0 Å². The van der Waals surface area contributed by atoms with Gasteiger partial charge in [0.05, 0.1) is 6.33 Å². The molecular weight excluding hydrogens is 396 g/mol. The average Bonchev–Trinajstić information content (AvgIpc) is 3.31. The van der Waals surface area contributed by atoms with Crippen LogP contribution in [0.25, 0.3) is 0 Å². The van der Waals surface area contributed by atoms with Crippen LogP contribution in [-0.4, -0.2) is 45.3 Å². The lowest BCUT2D eigenvalue weighted by molar-refractivity contribution is 0.316. The summed E-state index contributed by atoms with van der Waals surface area (Å²) >= 11 is 1.58. The van der Waals surface area contributed by atoms with Crippen LogP contribution in [0.4, 0.5) is 10.9 Å². The molecule has 1 fully saturated rings. The Hall–Kier alpha value is -2.30. The van der Waals surface area contributed by atoms with Gasteiger partial charge in [-0.2, -0.15) is 4.31 Å². The first-order valence-electron chi connectivity index (χ1n) is 9.06. The number of thiazole rings is 1. The van der Waals surface area contributed by atoms with E-state index in [0.717, 1.165) is 34.4 Å². The Morgan fingerprint density at radius 2 is 2.00 bits per heavy atom. The molecule has 148 valence electrons. The van der Waals surface area contributed by atoms with Gasteiger partial charge in [-0.15, -0.1) is 11.3 Å². The molecule has 1 saturated heterocycles. The summed E-state index contributed by atoms with van der Waals surface area (Å²) < 4.78 is 28.6. The zero-order chi connectivity index (χ0) is 19.7. The van der Waals surface area contributed by atoms with Crippen LogP contribution in [0, 0.1) is 6.92 Å². The second-order valence-electron chi connectivity index (χ2n) is 6.90. The molecule has 0 amide bonds. The van der Waals surface area contributed by atoms with Gasteiger partial charge in [0.25, 0.3) is 10.0 Å². The van der Waals surface area contributed by atoms with Crippen LogP contribution in [0.5, 0.6) is 0 Å². The number of hydrogen-bond acceptors (Lipinski definition) is 7. The number of nitrogens with one attached hydrogen (secondary N) is 1.